The van der Waals surface area contributed by atoms with Crippen LogP contribution in [0.2, 0.25) is 0 Å². The quantitative estimate of drug-likeness (QED) is 0.704. The molecule has 1 unspecified atom stereocenters. The normalized spacial score (nSPS) is 27.2. The minimum atomic E-state index is 0.107. The lowest BCUT2D eigenvalue weighted by molar-refractivity contribution is -0.123. The van der Waals surface area contributed by atoms with E-state index in [4.69, 9.17) is 9.84 Å². The molecule has 2 fully saturated rings. The summed E-state index contributed by atoms with van der Waals surface area (Å²) in [6, 6.07) is 0.285. The highest BCUT2D eigenvalue weighted by molar-refractivity contribution is 5.78. The lowest BCUT2D eigenvalue weighted by Gasteiger charge is -2.24. The topological polar surface area (TPSA) is 61.8 Å². The molecule has 2 rings (SSSR count). The molecule has 2 aliphatic rings. The standard InChI is InChI=1S/C12H22N2O3/c15-9-10-1-4-14(7-10)8-12(16)13-11-2-5-17-6-3-11/h10-11,15H,1-9H2,(H,13,16). The van der Waals surface area contributed by atoms with E-state index < -0.39 is 0 Å². The Bertz CT molecular complexity index is 254. The van der Waals surface area contributed by atoms with Crippen LogP contribution in [-0.2, 0) is 9.53 Å². The van der Waals surface area contributed by atoms with Gasteiger partial charge in [0.05, 0.1) is 6.54 Å². The smallest absolute Gasteiger partial charge is 0.234 e. The third-order valence-corrected chi connectivity index (χ3v) is 3.58. The average Bonchev–Trinajstić information content (AvgIpc) is 2.78. The van der Waals surface area contributed by atoms with E-state index in [0.717, 1.165) is 45.6 Å². The fraction of sp³-hybridized carbons (Fsp3) is 0.917. The molecule has 0 aromatic carbocycles. The molecule has 17 heavy (non-hydrogen) atoms. The molecule has 0 aliphatic carbocycles. The highest BCUT2D eigenvalue weighted by Gasteiger charge is 2.24. The van der Waals surface area contributed by atoms with E-state index in [1.165, 1.54) is 0 Å². The second-order valence-corrected chi connectivity index (χ2v) is 5.03. The summed E-state index contributed by atoms with van der Waals surface area (Å²) in [5.74, 6) is 0.460. The van der Waals surface area contributed by atoms with Crippen molar-refractivity contribution in [1.82, 2.24) is 10.2 Å². The maximum Gasteiger partial charge on any atom is 0.234 e. The second kappa shape index (κ2) is 6.33. The lowest BCUT2D eigenvalue weighted by atomic mass is 10.1. The Labute approximate surface area is 102 Å². The molecular formula is C12H22N2O3. The lowest BCUT2D eigenvalue weighted by Crippen LogP contribution is -2.43. The second-order valence-electron chi connectivity index (χ2n) is 5.03. The highest BCUT2D eigenvalue weighted by atomic mass is 16.5. The Morgan fingerprint density at radius 3 is 2.76 bits per heavy atom. The van der Waals surface area contributed by atoms with Crippen molar-refractivity contribution in [3.05, 3.63) is 0 Å². The van der Waals surface area contributed by atoms with Gasteiger partial charge in [0.2, 0.25) is 5.91 Å². The number of ether oxygens (including phenoxy) is 1. The van der Waals surface area contributed by atoms with Gasteiger partial charge in [0.15, 0.2) is 0 Å². The van der Waals surface area contributed by atoms with E-state index in [1.54, 1.807) is 0 Å². The van der Waals surface area contributed by atoms with Crippen molar-refractivity contribution < 1.29 is 14.6 Å². The van der Waals surface area contributed by atoms with E-state index in [0.29, 0.717) is 12.5 Å². The zero-order chi connectivity index (χ0) is 12.1. The Kier molecular flexibility index (Phi) is 4.76. The first-order valence-electron chi connectivity index (χ1n) is 6.48. The van der Waals surface area contributed by atoms with Crippen molar-refractivity contribution >= 4 is 5.91 Å². The number of nitrogens with zero attached hydrogens (tertiary/aromatic N) is 1. The van der Waals surface area contributed by atoms with Gasteiger partial charge in [0.1, 0.15) is 0 Å². The number of carbonyl (C=O) groups excluding carboxylic acids is 1. The SMILES string of the molecule is O=C(CN1CCC(CO)C1)NC1CCOCC1. The first kappa shape index (κ1) is 12.8. The molecular weight excluding hydrogens is 220 g/mol. The number of aliphatic hydroxyl groups excluding tert-OH is 1. The van der Waals surface area contributed by atoms with E-state index in [9.17, 15) is 4.79 Å². The largest absolute Gasteiger partial charge is 0.396 e. The molecule has 0 bridgehead atoms. The van der Waals surface area contributed by atoms with Crippen LogP contribution in [0.4, 0.5) is 0 Å². The summed E-state index contributed by atoms with van der Waals surface area (Å²) in [7, 11) is 0. The van der Waals surface area contributed by atoms with Crippen LogP contribution in [0.5, 0.6) is 0 Å². The van der Waals surface area contributed by atoms with E-state index >= 15 is 0 Å². The van der Waals surface area contributed by atoms with Gasteiger partial charge in [0, 0.05) is 32.4 Å². The maximum absolute atomic E-state index is 11.8. The van der Waals surface area contributed by atoms with Gasteiger partial charge < -0.3 is 15.2 Å². The van der Waals surface area contributed by atoms with Crippen LogP contribution in [0.25, 0.3) is 0 Å². The monoisotopic (exact) mass is 242 g/mol. The minimum absolute atomic E-state index is 0.107. The van der Waals surface area contributed by atoms with Crippen LogP contribution in [0.1, 0.15) is 19.3 Å². The van der Waals surface area contributed by atoms with E-state index in [1.807, 2.05) is 0 Å². The predicted octanol–water partition coefficient (Wildman–Crippen LogP) is -0.404. The van der Waals surface area contributed by atoms with Gasteiger partial charge in [-0.25, -0.2) is 0 Å². The molecule has 98 valence electrons. The summed E-state index contributed by atoms with van der Waals surface area (Å²) in [4.78, 5) is 13.9. The zero-order valence-corrected chi connectivity index (χ0v) is 10.2. The molecule has 0 spiro atoms. The number of hydrogen-bond donors (Lipinski definition) is 2. The first-order chi connectivity index (χ1) is 8.28. The maximum atomic E-state index is 11.8. The predicted molar refractivity (Wildman–Crippen MR) is 63.6 cm³/mol. The van der Waals surface area contributed by atoms with E-state index in [2.05, 4.69) is 10.2 Å². The summed E-state index contributed by atoms with van der Waals surface area (Å²) >= 11 is 0. The Morgan fingerprint density at radius 1 is 1.35 bits per heavy atom. The molecule has 2 aliphatic heterocycles. The van der Waals surface area contributed by atoms with Gasteiger partial charge >= 0.3 is 0 Å². The summed E-state index contributed by atoms with van der Waals surface area (Å²) < 4.78 is 5.25. The highest BCUT2D eigenvalue weighted by Crippen LogP contribution is 2.14. The van der Waals surface area contributed by atoms with Gasteiger partial charge in [-0.2, -0.15) is 0 Å². The average molecular weight is 242 g/mol. The molecule has 2 saturated heterocycles. The third-order valence-electron chi connectivity index (χ3n) is 3.58. The fourth-order valence-electron chi connectivity index (χ4n) is 2.52. The van der Waals surface area contributed by atoms with Crippen LogP contribution < -0.4 is 5.32 Å². The number of nitrogens with one attached hydrogen (secondary N) is 1. The molecule has 2 heterocycles. The van der Waals surface area contributed by atoms with Gasteiger partial charge in [-0.3, -0.25) is 9.69 Å². The summed E-state index contributed by atoms with van der Waals surface area (Å²) in [6.07, 6.45) is 2.84. The first-order valence-corrected chi connectivity index (χ1v) is 6.48. The third kappa shape index (κ3) is 3.94. The molecule has 1 amide bonds. The molecule has 1 atom stereocenters. The van der Waals surface area contributed by atoms with Crippen LogP contribution in [0.15, 0.2) is 0 Å². The summed E-state index contributed by atoms with van der Waals surface area (Å²) in [5.41, 5.74) is 0. The van der Waals surface area contributed by atoms with E-state index in [-0.39, 0.29) is 18.6 Å². The molecule has 0 aromatic rings. The fourth-order valence-corrected chi connectivity index (χ4v) is 2.52. The number of amides is 1. The van der Waals surface area contributed by atoms with Crippen LogP contribution in [0.3, 0.4) is 0 Å². The van der Waals surface area contributed by atoms with Gasteiger partial charge in [-0.15, -0.1) is 0 Å². The van der Waals surface area contributed by atoms with Crippen molar-refractivity contribution in [2.45, 2.75) is 25.3 Å². The number of hydrogen-bond acceptors (Lipinski definition) is 4. The van der Waals surface area contributed by atoms with Gasteiger partial charge in [-0.05, 0) is 31.7 Å². The summed E-state index contributed by atoms with van der Waals surface area (Å²) in [5, 5.41) is 12.1. The Morgan fingerprint density at radius 2 is 2.12 bits per heavy atom. The van der Waals surface area contributed by atoms with Crippen LogP contribution in [0, 0.1) is 5.92 Å². The molecule has 5 nitrogen and oxygen atoms in total. The number of rotatable bonds is 4. The van der Waals surface area contributed by atoms with Crippen molar-refractivity contribution in [2.24, 2.45) is 5.92 Å². The van der Waals surface area contributed by atoms with Gasteiger partial charge in [0.25, 0.3) is 0 Å². The minimum Gasteiger partial charge on any atom is -0.396 e. The Balaban J connectivity index is 1.66. The molecule has 0 saturated carbocycles. The van der Waals surface area contributed by atoms with Crippen LogP contribution >= 0.6 is 0 Å². The molecule has 0 radical (unpaired) electrons. The van der Waals surface area contributed by atoms with Crippen molar-refractivity contribution in [3.8, 4) is 0 Å². The van der Waals surface area contributed by atoms with Crippen molar-refractivity contribution in [2.75, 3.05) is 39.5 Å². The molecule has 2 N–H and O–H groups in total. The zero-order valence-electron chi connectivity index (χ0n) is 10.2. The molecule has 0 aromatic heterocycles. The number of carbonyl (C=O) groups is 1. The van der Waals surface area contributed by atoms with Gasteiger partial charge in [-0.1, -0.05) is 0 Å². The van der Waals surface area contributed by atoms with Crippen LogP contribution in [-0.4, -0.2) is 61.4 Å². The summed E-state index contributed by atoms with van der Waals surface area (Å²) in [6.45, 7) is 3.97. The van der Waals surface area contributed by atoms with Crippen molar-refractivity contribution in [1.29, 1.82) is 0 Å². The Hall–Kier alpha value is -0.650. The number of aliphatic hydroxyl groups is 1. The van der Waals surface area contributed by atoms with Crippen molar-refractivity contribution in [3.63, 3.8) is 0 Å². The number of likely N-dealkylation sites (tertiary alicyclic amines) is 1. The molecule has 5 heteroatoms.